The minimum Gasteiger partial charge on any atom is -0.256 e. The average Bonchev–Trinajstić information content (AvgIpc) is 2.82. The molecule has 6 aromatic rings. The molecule has 0 saturated carbocycles. The summed E-state index contributed by atoms with van der Waals surface area (Å²) in [7, 11) is 0. The highest BCUT2D eigenvalue weighted by Crippen LogP contribution is 2.35. The molecule has 0 bridgehead atoms. The molecule has 3 aromatic carbocycles. The highest BCUT2D eigenvalue weighted by atomic mass is 14.9. The maximum Gasteiger partial charge on any atom is 0.199 e. The van der Waals surface area contributed by atoms with Crippen LogP contribution in [0.3, 0.4) is 0 Å². The standard InChI is InChI=1S/C25H14N5/c1-2-7-17-16(6-1)12-13-26-24(17)18-8-5-11-21-23(18)25(29-15-28-21)22-14-27-19-9-3-4-10-20(19)30-22/h1-14H. The van der Waals surface area contributed by atoms with E-state index in [4.69, 9.17) is 9.97 Å². The monoisotopic (exact) mass is 384 g/mol. The van der Waals surface area contributed by atoms with Gasteiger partial charge in [-0.3, -0.25) is 9.97 Å². The normalized spacial score (nSPS) is 11.3. The van der Waals surface area contributed by atoms with Gasteiger partial charge in [0.1, 0.15) is 11.4 Å². The Morgan fingerprint density at radius 2 is 1.47 bits per heavy atom. The van der Waals surface area contributed by atoms with E-state index in [0.29, 0.717) is 11.4 Å². The van der Waals surface area contributed by atoms with E-state index in [9.17, 15) is 0 Å². The largest absolute Gasteiger partial charge is 0.256 e. The van der Waals surface area contributed by atoms with E-state index in [0.717, 1.165) is 44.0 Å². The van der Waals surface area contributed by atoms with Gasteiger partial charge in [0, 0.05) is 22.5 Å². The third-order valence-corrected chi connectivity index (χ3v) is 5.23. The summed E-state index contributed by atoms with van der Waals surface area (Å²) in [5.74, 6) is 0. The quantitative estimate of drug-likeness (QED) is 0.408. The number of pyridine rings is 1. The SMILES string of the molecule is [c]1nc(-c2cnc3ccccc3n2)c2c(-c3nccc4ccccc34)cccc2n1. The van der Waals surface area contributed by atoms with Gasteiger partial charge >= 0.3 is 0 Å². The zero-order valence-electron chi connectivity index (χ0n) is 15.8. The summed E-state index contributed by atoms with van der Waals surface area (Å²) in [5, 5.41) is 3.11. The first-order valence-corrected chi connectivity index (χ1v) is 9.61. The first-order chi connectivity index (χ1) is 14.9. The van der Waals surface area contributed by atoms with Crippen LogP contribution in [0.5, 0.6) is 0 Å². The van der Waals surface area contributed by atoms with Crippen molar-refractivity contribution >= 4 is 32.7 Å². The fourth-order valence-corrected chi connectivity index (χ4v) is 3.86. The Morgan fingerprint density at radius 3 is 2.43 bits per heavy atom. The van der Waals surface area contributed by atoms with E-state index >= 15 is 0 Å². The van der Waals surface area contributed by atoms with E-state index < -0.39 is 0 Å². The first-order valence-electron chi connectivity index (χ1n) is 9.61. The van der Waals surface area contributed by atoms with E-state index in [1.54, 1.807) is 6.20 Å². The van der Waals surface area contributed by atoms with Crippen LogP contribution < -0.4 is 0 Å². The molecule has 139 valence electrons. The molecule has 5 nitrogen and oxygen atoms in total. The zero-order chi connectivity index (χ0) is 19.9. The smallest absolute Gasteiger partial charge is 0.199 e. The van der Waals surface area contributed by atoms with Crippen molar-refractivity contribution < 1.29 is 0 Å². The summed E-state index contributed by atoms with van der Waals surface area (Å²) < 4.78 is 0. The van der Waals surface area contributed by atoms with Crippen molar-refractivity contribution in [1.29, 1.82) is 0 Å². The third-order valence-electron chi connectivity index (χ3n) is 5.23. The van der Waals surface area contributed by atoms with Crippen LogP contribution in [0, 0.1) is 6.33 Å². The molecule has 0 aliphatic carbocycles. The molecule has 0 aliphatic heterocycles. The number of para-hydroxylation sites is 2. The number of benzene rings is 3. The van der Waals surface area contributed by atoms with Crippen molar-refractivity contribution in [2.45, 2.75) is 0 Å². The molecule has 30 heavy (non-hydrogen) atoms. The van der Waals surface area contributed by atoms with Gasteiger partial charge in [-0.05, 0) is 29.7 Å². The Balaban J connectivity index is 1.69. The lowest BCUT2D eigenvalue weighted by Gasteiger charge is -2.11. The van der Waals surface area contributed by atoms with Crippen LogP contribution in [0.4, 0.5) is 0 Å². The first kappa shape index (κ1) is 16.7. The predicted octanol–water partition coefficient (Wildman–Crippen LogP) is 5.26. The molecule has 0 saturated heterocycles. The molecule has 6 rings (SSSR count). The summed E-state index contributed by atoms with van der Waals surface area (Å²) >= 11 is 0. The molecule has 0 N–H and O–H groups in total. The van der Waals surface area contributed by atoms with Crippen LogP contribution >= 0.6 is 0 Å². The van der Waals surface area contributed by atoms with Crippen LogP contribution in [-0.4, -0.2) is 24.9 Å². The molecule has 0 fully saturated rings. The fraction of sp³-hybridized carbons (Fsp3) is 0. The van der Waals surface area contributed by atoms with Gasteiger partial charge in [0.2, 0.25) is 0 Å². The molecular weight excluding hydrogens is 370 g/mol. The van der Waals surface area contributed by atoms with Gasteiger partial charge in [-0.15, -0.1) is 0 Å². The number of hydrogen-bond donors (Lipinski definition) is 0. The number of rotatable bonds is 2. The predicted molar refractivity (Wildman–Crippen MR) is 118 cm³/mol. The number of nitrogens with zero attached hydrogens (tertiary/aromatic N) is 5. The Hall–Kier alpha value is -4.25. The number of fused-ring (bicyclic) bond motifs is 3. The molecule has 0 amide bonds. The molecule has 3 aromatic heterocycles. The minimum absolute atomic E-state index is 0.685. The van der Waals surface area contributed by atoms with Crippen LogP contribution in [0.15, 0.2) is 85.2 Å². The molecular formula is C25H14N5. The molecule has 1 radical (unpaired) electrons. The summed E-state index contributed by atoms with van der Waals surface area (Å²) in [5.41, 5.74) is 5.70. The number of hydrogen-bond acceptors (Lipinski definition) is 5. The summed E-state index contributed by atoms with van der Waals surface area (Å²) in [6, 6.07) is 24.1. The van der Waals surface area contributed by atoms with Crippen molar-refractivity contribution in [3.8, 4) is 22.6 Å². The van der Waals surface area contributed by atoms with Crippen LogP contribution in [0.1, 0.15) is 0 Å². The van der Waals surface area contributed by atoms with E-state index in [2.05, 4.69) is 39.5 Å². The van der Waals surface area contributed by atoms with E-state index in [1.165, 1.54) is 0 Å². The Labute approximate surface area is 172 Å². The molecule has 5 heteroatoms. The van der Waals surface area contributed by atoms with Gasteiger partial charge in [-0.1, -0.05) is 48.5 Å². The average molecular weight is 384 g/mol. The molecule has 3 heterocycles. The second-order valence-electron chi connectivity index (χ2n) is 7.00. The minimum atomic E-state index is 0.685. The summed E-state index contributed by atoms with van der Waals surface area (Å²) in [6.07, 6.45) is 6.37. The number of aromatic nitrogens is 5. The highest BCUT2D eigenvalue weighted by Gasteiger charge is 2.16. The Morgan fingerprint density at radius 1 is 0.633 bits per heavy atom. The Bertz CT molecular complexity index is 1550. The van der Waals surface area contributed by atoms with Crippen LogP contribution in [0.2, 0.25) is 0 Å². The van der Waals surface area contributed by atoms with Gasteiger partial charge < -0.3 is 0 Å². The maximum atomic E-state index is 4.80. The second kappa shape index (κ2) is 6.67. The highest BCUT2D eigenvalue weighted by molar-refractivity contribution is 6.07. The van der Waals surface area contributed by atoms with Crippen molar-refractivity contribution in [3.63, 3.8) is 0 Å². The Kier molecular flexibility index (Phi) is 3.71. The lowest BCUT2D eigenvalue weighted by atomic mass is 9.98. The maximum absolute atomic E-state index is 4.80. The van der Waals surface area contributed by atoms with E-state index in [1.807, 2.05) is 60.8 Å². The van der Waals surface area contributed by atoms with Crippen molar-refractivity contribution in [2.24, 2.45) is 0 Å². The van der Waals surface area contributed by atoms with Crippen molar-refractivity contribution in [2.75, 3.05) is 0 Å². The topological polar surface area (TPSA) is 64.5 Å². The van der Waals surface area contributed by atoms with Gasteiger partial charge in [0.05, 0.1) is 28.4 Å². The summed E-state index contributed by atoms with van der Waals surface area (Å²) in [6.45, 7) is 0. The van der Waals surface area contributed by atoms with Gasteiger partial charge in [-0.2, -0.15) is 0 Å². The molecule has 0 atom stereocenters. The van der Waals surface area contributed by atoms with Crippen LogP contribution in [0.25, 0.3) is 55.4 Å². The van der Waals surface area contributed by atoms with Gasteiger partial charge in [-0.25, -0.2) is 15.0 Å². The van der Waals surface area contributed by atoms with Crippen molar-refractivity contribution in [3.05, 3.63) is 91.5 Å². The van der Waals surface area contributed by atoms with E-state index in [-0.39, 0.29) is 0 Å². The lowest BCUT2D eigenvalue weighted by Crippen LogP contribution is -1.96. The fourth-order valence-electron chi connectivity index (χ4n) is 3.86. The molecule has 0 spiro atoms. The third kappa shape index (κ3) is 2.60. The van der Waals surface area contributed by atoms with Crippen LogP contribution in [-0.2, 0) is 0 Å². The zero-order valence-corrected chi connectivity index (χ0v) is 15.8. The summed E-state index contributed by atoms with van der Waals surface area (Å²) in [4.78, 5) is 22.9. The van der Waals surface area contributed by atoms with Gasteiger partial charge in [0.25, 0.3) is 0 Å². The molecule has 0 aliphatic rings. The molecule has 0 unspecified atom stereocenters. The lowest BCUT2D eigenvalue weighted by molar-refractivity contribution is 1.18. The second-order valence-corrected chi connectivity index (χ2v) is 7.00. The van der Waals surface area contributed by atoms with Crippen molar-refractivity contribution in [1.82, 2.24) is 24.9 Å². The van der Waals surface area contributed by atoms with Gasteiger partial charge in [0.15, 0.2) is 6.33 Å².